The number of halogens is 3. The van der Waals surface area contributed by atoms with Gasteiger partial charge >= 0.3 is 6.18 Å². The largest absolute Gasteiger partial charge is 0.493 e. The van der Waals surface area contributed by atoms with Crippen molar-refractivity contribution in [3.63, 3.8) is 0 Å². The number of pyridine rings is 1. The van der Waals surface area contributed by atoms with E-state index in [9.17, 15) is 18.0 Å². The van der Waals surface area contributed by atoms with Crippen LogP contribution in [0.4, 0.5) is 13.2 Å². The lowest BCUT2D eigenvalue weighted by atomic mass is 9.93. The first-order valence-electron chi connectivity index (χ1n) is 9.60. The summed E-state index contributed by atoms with van der Waals surface area (Å²) in [5.41, 5.74) is -0.809. The van der Waals surface area contributed by atoms with Gasteiger partial charge in [0.25, 0.3) is 5.91 Å². The maximum Gasteiger partial charge on any atom is 0.417 e. The number of carbonyl (C=O) groups excluding carboxylic acids is 1. The Morgan fingerprint density at radius 1 is 1.10 bits per heavy atom. The van der Waals surface area contributed by atoms with Crippen LogP contribution in [0.15, 0.2) is 42.6 Å². The summed E-state index contributed by atoms with van der Waals surface area (Å²) in [6.45, 7) is -0.119. The van der Waals surface area contributed by atoms with E-state index >= 15 is 0 Å². The van der Waals surface area contributed by atoms with Gasteiger partial charge in [-0.2, -0.15) is 13.2 Å². The second-order valence-corrected chi connectivity index (χ2v) is 6.98. The number of methoxy groups -OCH3 is 1. The second-order valence-electron chi connectivity index (χ2n) is 6.98. The number of nitrogens with one attached hydrogen (secondary N) is 1. The van der Waals surface area contributed by atoms with Crippen molar-refractivity contribution in [1.29, 1.82) is 0 Å². The van der Waals surface area contributed by atoms with Crippen LogP contribution in [0.5, 0.6) is 17.4 Å². The molecule has 1 fully saturated rings. The molecule has 0 saturated heterocycles. The summed E-state index contributed by atoms with van der Waals surface area (Å²) in [6, 6.07) is 9.26. The Bertz CT molecular complexity index is 835. The molecule has 1 aliphatic carbocycles. The molecule has 1 heterocycles. The zero-order chi connectivity index (χ0) is 21.6. The third-order valence-electron chi connectivity index (χ3n) is 4.82. The summed E-state index contributed by atoms with van der Waals surface area (Å²) in [6.07, 6.45) is -1.06. The van der Waals surface area contributed by atoms with Gasteiger partial charge in [-0.05, 0) is 43.9 Å². The number of para-hydroxylation sites is 2. The molecule has 0 aliphatic heterocycles. The van der Waals surface area contributed by atoms with Crippen molar-refractivity contribution in [3.8, 4) is 17.4 Å². The second kappa shape index (κ2) is 9.69. The Balaban J connectivity index is 1.40. The topological polar surface area (TPSA) is 69.7 Å². The van der Waals surface area contributed by atoms with Crippen LogP contribution in [0.25, 0.3) is 0 Å². The number of amides is 1. The van der Waals surface area contributed by atoms with Gasteiger partial charge in [0.2, 0.25) is 5.88 Å². The fourth-order valence-corrected chi connectivity index (χ4v) is 3.26. The third-order valence-corrected chi connectivity index (χ3v) is 4.82. The SMILES string of the molecule is COc1ccccc1OCC(=O)NC1CCC(Oc2ccc(C(F)(F)F)cn2)CC1. The average molecular weight is 424 g/mol. The highest BCUT2D eigenvalue weighted by molar-refractivity contribution is 5.77. The van der Waals surface area contributed by atoms with Crippen LogP contribution in [-0.2, 0) is 11.0 Å². The number of benzene rings is 1. The van der Waals surface area contributed by atoms with Gasteiger partial charge in [-0.3, -0.25) is 4.79 Å². The van der Waals surface area contributed by atoms with E-state index in [0.29, 0.717) is 37.2 Å². The van der Waals surface area contributed by atoms with Gasteiger partial charge in [0.15, 0.2) is 18.1 Å². The van der Waals surface area contributed by atoms with Crippen molar-refractivity contribution in [3.05, 3.63) is 48.2 Å². The lowest BCUT2D eigenvalue weighted by Crippen LogP contribution is -2.41. The highest BCUT2D eigenvalue weighted by atomic mass is 19.4. The highest BCUT2D eigenvalue weighted by Gasteiger charge is 2.31. The first kappa shape index (κ1) is 21.7. The minimum absolute atomic E-state index is 0.000756. The first-order valence-corrected chi connectivity index (χ1v) is 9.60. The highest BCUT2D eigenvalue weighted by Crippen LogP contribution is 2.30. The molecule has 2 aromatic rings. The quantitative estimate of drug-likeness (QED) is 0.728. The molecule has 0 spiro atoms. The van der Waals surface area contributed by atoms with Crippen LogP contribution in [0, 0.1) is 0 Å². The molecular formula is C21H23F3N2O4. The van der Waals surface area contributed by atoms with Gasteiger partial charge in [0, 0.05) is 18.3 Å². The lowest BCUT2D eigenvalue weighted by Gasteiger charge is -2.29. The Kier molecular flexibility index (Phi) is 7.02. The molecule has 30 heavy (non-hydrogen) atoms. The van der Waals surface area contributed by atoms with E-state index in [-0.39, 0.29) is 30.5 Å². The van der Waals surface area contributed by atoms with E-state index < -0.39 is 11.7 Å². The summed E-state index contributed by atoms with van der Waals surface area (Å²) in [5, 5.41) is 2.93. The number of hydrogen-bond donors (Lipinski definition) is 1. The van der Waals surface area contributed by atoms with E-state index in [4.69, 9.17) is 14.2 Å². The maximum absolute atomic E-state index is 12.6. The van der Waals surface area contributed by atoms with Gasteiger partial charge in [-0.25, -0.2) is 4.98 Å². The normalized spacial score (nSPS) is 19.1. The summed E-state index contributed by atoms with van der Waals surface area (Å²) in [5.74, 6) is 0.992. The Morgan fingerprint density at radius 3 is 2.40 bits per heavy atom. The van der Waals surface area contributed by atoms with Crippen LogP contribution in [0.1, 0.15) is 31.2 Å². The average Bonchev–Trinajstić information content (AvgIpc) is 2.73. The van der Waals surface area contributed by atoms with Crippen LogP contribution in [0.2, 0.25) is 0 Å². The lowest BCUT2D eigenvalue weighted by molar-refractivity contribution is -0.137. The molecular weight excluding hydrogens is 401 g/mol. The zero-order valence-corrected chi connectivity index (χ0v) is 16.4. The van der Waals surface area contributed by atoms with Gasteiger partial charge in [0.1, 0.15) is 6.10 Å². The summed E-state index contributed by atoms with van der Waals surface area (Å²) in [7, 11) is 1.53. The fourth-order valence-electron chi connectivity index (χ4n) is 3.26. The van der Waals surface area contributed by atoms with Crippen molar-refractivity contribution in [2.24, 2.45) is 0 Å². The first-order chi connectivity index (χ1) is 14.3. The minimum Gasteiger partial charge on any atom is -0.493 e. The van der Waals surface area contributed by atoms with Crippen LogP contribution < -0.4 is 19.5 Å². The molecule has 1 aromatic carbocycles. The smallest absolute Gasteiger partial charge is 0.417 e. The monoisotopic (exact) mass is 424 g/mol. The molecule has 0 unspecified atom stereocenters. The van der Waals surface area contributed by atoms with Crippen LogP contribution in [-0.4, -0.2) is 36.8 Å². The molecule has 1 amide bonds. The molecule has 162 valence electrons. The third kappa shape index (κ3) is 6.01. The molecule has 1 aromatic heterocycles. The van der Waals surface area contributed by atoms with E-state index in [1.54, 1.807) is 18.2 Å². The molecule has 9 heteroatoms. The van der Waals surface area contributed by atoms with E-state index in [1.807, 2.05) is 6.07 Å². The molecule has 0 atom stereocenters. The number of rotatable bonds is 7. The van der Waals surface area contributed by atoms with Crippen molar-refractivity contribution in [2.45, 2.75) is 44.0 Å². The predicted molar refractivity (Wildman–Crippen MR) is 103 cm³/mol. The van der Waals surface area contributed by atoms with Crippen molar-refractivity contribution < 1.29 is 32.2 Å². The standard InChI is InChI=1S/C21H23F3N2O4/c1-28-17-4-2-3-5-18(17)29-13-19(27)26-15-7-9-16(10-8-15)30-20-11-6-14(12-25-20)21(22,23)24/h2-6,11-12,15-16H,7-10,13H2,1H3,(H,26,27). The number of aromatic nitrogens is 1. The molecule has 0 bridgehead atoms. The zero-order valence-electron chi connectivity index (χ0n) is 16.4. The molecule has 1 N–H and O–H groups in total. The number of carbonyl (C=O) groups is 1. The number of nitrogens with zero attached hydrogens (tertiary/aromatic N) is 1. The van der Waals surface area contributed by atoms with Crippen molar-refractivity contribution in [1.82, 2.24) is 10.3 Å². The predicted octanol–water partition coefficient (Wildman–Crippen LogP) is 3.99. The van der Waals surface area contributed by atoms with Crippen LogP contribution >= 0.6 is 0 Å². The molecule has 1 saturated carbocycles. The number of ether oxygens (including phenoxy) is 3. The van der Waals surface area contributed by atoms with Crippen molar-refractivity contribution >= 4 is 5.91 Å². The Morgan fingerprint density at radius 2 is 1.80 bits per heavy atom. The summed E-state index contributed by atoms with van der Waals surface area (Å²) < 4.78 is 54.1. The van der Waals surface area contributed by atoms with E-state index in [1.165, 1.54) is 13.2 Å². The van der Waals surface area contributed by atoms with Gasteiger partial charge < -0.3 is 19.5 Å². The van der Waals surface area contributed by atoms with Gasteiger partial charge in [0.05, 0.1) is 12.7 Å². The van der Waals surface area contributed by atoms with Gasteiger partial charge in [-0.1, -0.05) is 12.1 Å². The summed E-state index contributed by atoms with van der Waals surface area (Å²) >= 11 is 0. The summed E-state index contributed by atoms with van der Waals surface area (Å²) in [4.78, 5) is 15.9. The Hall–Kier alpha value is -2.97. The van der Waals surface area contributed by atoms with E-state index in [0.717, 1.165) is 12.3 Å². The minimum atomic E-state index is -4.42. The van der Waals surface area contributed by atoms with Gasteiger partial charge in [-0.15, -0.1) is 0 Å². The number of hydrogen-bond acceptors (Lipinski definition) is 5. The number of alkyl halides is 3. The molecule has 1 aliphatic rings. The molecule has 3 rings (SSSR count). The molecule has 0 radical (unpaired) electrons. The van der Waals surface area contributed by atoms with Crippen molar-refractivity contribution in [2.75, 3.05) is 13.7 Å². The fraction of sp³-hybridized carbons (Fsp3) is 0.429. The molecule has 6 nitrogen and oxygen atoms in total. The Labute approximate surface area is 172 Å². The maximum atomic E-state index is 12.6. The van der Waals surface area contributed by atoms with Crippen LogP contribution in [0.3, 0.4) is 0 Å². The van der Waals surface area contributed by atoms with E-state index in [2.05, 4.69) is 10.3 Å².